The number of ether oxygens (including phenoxy) is 4. The number of carbonyl (C=O) groups is 3. The molecule has 0 saturated carbocycles. The number of aliphatic hydroxyl groups is 3. The molecule has 0 aliphatic carbocycles. The monoisotopic (exact) mass is 516 g/mol. The van der Waals surface area contributed by atoms with Crippen molar-refractivity contribution in [3.63, 3.8) is 0 Å². The molecule has 36 heavy (non-hydrogen) atoms. The normalized spacial score (nSPS) is 24.2. The molecule has 1 saturated heterocycles. The first-order valence-electron chi connectivity index (χ1n) is 11.1. The quantitative estimate of drug-likeness (QED) is 0.240. The SMILES string of the molecule is CC(OC(=O)C(C)C)OC(=O)N(C)CCOC(=O)Nc1ccn([C@@H]2O[C@H](CO)[C@@H](O)[C@@]2(C)O)c(=O)n1. The zero-order valence-corrected chi connectivity index (χ0v) is 20.6. The number of nitrogens with zero attached hydrogens (tertiary/aromatic N) is 3. The van der Waals surface area contributed by atoms with Crippen LogP contribution in [0.2, 0.25) is 0 Å². The molecule has 1 aliphatic heterocycles. The van der Waals surface area contributed by atoms with Crippen molar-refractivity contribution in [3.05, 3.63) is 22.7 Å². The van der Waals surface area contributed by atoms with Crippen molar-refractivity contribution in [2.45, 2.75) is 58.0 Å². The summed E-state index contributed by atoms with van der Waals surface area (Å²) >= 11 is 0. The van der Waals surface area contributed by atoms with E-state index in [-0.39, 0.29) is 24.9 Å². The molecule has 0 spiro atoms. The van der Waals surface area contributed by atoms with Crippen LogP contribution in [-0.4, -0.2) is 98.8 Å². The van der Waals surface area contributed by atoms with E-state index in [4.69, 9.17) is 18.9 Å². The third-order valence-corrected chi connectivity index (χ3v) is 5.24. The fourth-order valence-corrected chi connectivity index (χ4v) is 3.11. The fraction of sp³-hybridized carbons (Fsp3) is 0.667. The Balaban J connectivity index is 1.84. The van der Waals surface area contributed by atoms with E-state index in [1.165, 1.54) is 33.2 Å². The summed E-state index contributed by atoms with van der Waals surface area (Å²) in [6.07, 6.45) is -5.53. The largest absolute Gasteiger partial charge is 0.447 e. The summed E-state index contributed by atoms with van der Waals surface area (Å²) < 4.78 is 21.1. The van der Waals surface area contributed by atoms with Crippen LogP contribution >= 0.6 is 0 Å². The second-order valence-corrected chi connectivity index (χ2v) is 8.61. The van der Waals surface area contributed by atoms with Crippen molar-refractivity contribution in [2.75, 3.05) is 32.1 Å². The van der Waals surface area contributed by atoms with Gasteiger partial charge < -0.3 is 39.2 Å². The topological polar surface area (TPSA) is 199 Å². The van der Waals surface area contributed by atoms with E-state index in [9.17, 15) is 34.5 Å². The highest BCUT2D eigenvalue weighted by Crippen LogP contribution is 2.37. The number of hydrogen-bond donors (Lipinski definition) is 4. The zero-order chi connectivity index (χ0) is 27.2. The maximum absolute atomic E-state index is 12.4. The average Bonchev–Trinajstić information content (AvgIpc) is 3.02. The Kier molecular flexibility index (Phi) is 9.75. The third-order valence-electron chi connectivity index (χ3n) is 5.24. The van der Waals surface area contributed by atoms with Gasteiger partial charge in [0.1, 0.15) is 30.2 Å². The molecular formula is C21H32N4O11. The van der Waals surface area contributed by atoms with Crippen LogP contribution < -0.4 is 11.0 Å². The van der Waals surface area contributed by atoms with Crippen molar-refractivity contribution in [2.24, 2.45) is 5.92 Å². The number of aliphatic hydroxyl groups excluding tert-OH is 2. The number of likely N-dealkylation sites (N-methyl/N-ethyl adjacent to an activating group) is 1. The Hall–Kier alpha value is -3.27. The van der Waals surface area contributed by atoms with E-state index in [0.29, 0.717) is 0 Å². The molecule has 5 atom stereocenters. The predicted molar refractivity (Wildman–Crippen MR) is 121 cm³/mol. The number of aromatic nitrogens is 2. The molecule has 1 aliphatic rings. The number of anilines is 1. The van der Waals surface area contributed by atoms with Gasteiger partial charge in [0.15, 0.2) is 6.23 Å². The van der Waals surface area contributed by atoms with Gasteiger partial charge in [0.25, 0.3) is 0 Å². The summed E-state index contributed by atoms with van der Waals surface area (Å²) in [7, 11) is 1.39. The molecular weight excluding hydrogens is 484 g/mol. The van der Waals surface area contributed by atoms with E-state index in [2.05, 4.69) is 10.3 Å². The van der Waals surface area contributed by atoms with Crippen LogP contribution in [0.1, 0.15) is 33.9 Å². The molecule has 1 unspecified atom stereocenters. The standard InChI is InChI=1S/C21H32N4O11/c1-11(2)16(28)34-12(3)35-20(31)24(5)8-9-33-19(30)23-14-6-7-25(18(29)22-14)17-21(4,32)15(27)13(10-26)36-17/h6-7,11-13,15,17,26-27,32H,8-10H2,1-5H3,(H,22,23,29,30)/t12?,13-,15-,17-,21-/m1/s1. The molecule has 0 bridgehead atoms. The van der Waals surface area contributed by atoms with Crippen molar-refractivity contribution in [1.29, 1.82) is 0 Å². The molecule has 1 aromatic rings. The maximum Gasteiger partial charge on any atom is 0.412 e. The van der Waals surface area contributed by atoms with E-state index in [1.54, 1.807) is 13.8 Å². The van der Waals surface area contributed by atoms with Crippen molar-refractivity contribution in [1.82, 2.24) is 14.5 Å². The Morgan fingerprint density at radius 3 is 2.53 bits per heavy atom. The molecule has 15 heteroatoms. The van der Waals surface area contributed by atoms with E-state index < -0.39 is 60.8 Å². The lowest BCUT2D eigenvalue weighted by atomic mass is 9.96. The maximum atomic E-state index is 12.4. The summed E-state index contributed by atoms with van der Waals surface area (Å²) in [6, 6.07) is 1.24. The Morgan fingerprint density at radius 1 is 1.31 bits per heavy atom. The van der Waals surface area contributed by atoms with Crippen LogP contribution in [0.4, 0.5) is 15.4 Å². The summed E-state index contributed by atoms with van der Waals surface area (Å²) in [6.45, 7) is 5.07. The lowest BCUT2D eigenvalue weighted by Gasteiger charge is -2.27. The molecule has 4 N–H and O–H groups in total. The number of hydrogen-bond acceptors (Lipinski definition) is 12. The molecule has 0 aromatic carbocycles. The number of esters is 1. The lowest BCUT2D eigenvalue weighted by Crippen LogP contribution is -2.46. The molecule has 15 nitrogen and oxygen atoms in total. The van der Waals surface area contributed by atoms with Crippen molar-refractivity contribution in [3.8, 4) is 0 Å². The second-order valence-electron chi connectivity index (χ2n) is 8.61. The zero-order valence-electron chi connectivity index (χ0n) is 20.6. The Morgan fingerprint density at radius 2 is 1.97 bits per heavy atom. The first-order valence-corrected chi connectivity index (χ1v) is 11.1. The van der Waals surface area contributed by atoms with Gasteiger partial charge in [-0.05, 0) is 13.0 Å². The minimum Gasteiger partial charge on any atom is -0.447 e. The highest BCUT2D eigenvalue weighted by molar-refractivity contribution is 5.83. The van der Waals surface area contributed by atoms with E-state index in [1.807, 2.05) is 0 Å². The van der Waals surface area contributed by atoms with Gasteiger partial charge in [-0.2, -0.15) is 4.98 Å². The molecule has 202 valence electrons. The first kappa shape index (κ1) is 29.0. The minimum atomic E-state index is -1.88. The molecule has 0 radical (unpaired) electrons. The van der Waals surface area contributed by atoms with Crippen LogP contribution in [0.25, 0.3) is 0 Å². The van der Waals surface area contributed by atoms with Gasteiger partial charge in [-0.25, -0.2) is 14.4 Å². The number of carbonyl (C=O) groups excluding carboxylic acids is 3. The third kappa shape index (κ3) is 7.13. The number of nitrogens with one attached hydrogen (secondary N) is 1. The van der Waals surface area contributed by atoms with Gasteiger partial charge >= 0.3 is 23.8 Å². The molecule has 2 rings (SSSR count). The van der Waals surface area contributed by atoms with Gasteiger partial charge in [0, 0.05) is 20.2 Å². The molecule has 2 heterocycles. The van der Waals surface area contributed by atoms with Gasteiger partial charge in [-0.15, -0.1) is 0 Å². The van der Waals surface area contributed by atoms with Gasteiger partial charge in [-0.3, -0.25) is 14.7 Å². The number of amides is 2. The highest BCUT2D eigenvalue weighted by Gasteiger charge is 2.53. The lowest BCUT2D eigenvalue weighted by molar-refractivity contribution is -0.169. The highest BCUT2D eigenvalue weighted by atomic mass is 16.7. The van der Waals surface area contributed by atoms with Gasteiger partial charge in [-0.1, -0.05) is 13.8 Å². The van der Waals surface area contributed by atoms with Crippen LogP contribution in [0, 0.1) is 5.92 Å². The summed E-state index contributed by atoms with van der Waals surface area (Å²) in [4.78, 5) is 52.7. The van der Waals surface area contributed by atoms with Gasteiger partial charge in [0.05, 0.1) is 19.1 Å². The summed E-state index contributed by atoms with van der Waals surface area (Å²) in [5, 5.41) is 32.1. The van der Waals surface area contributed by atoms with E-state index in [0.717, 1.165) is 9.47 Å². The van der Waals surface area contributed by atoms with Gasteiger partial charge in [0.2, 0.25) is 6.29 Å². The predicted octanol–water partition coefficient (Wildman–Crippen LogP) is -0.593. The van der Waals surface area contributed by atoms with Crippen LogP contribution in [-0.2, 0) is 23.7 Å². The first-order chi connectivity index (χ1) is 16.8. The van der Waals surface area contributed by atoms with Crippen molar-refractivity contribution >= 4 is 24.0 Å². The fourth-order valence-electron chi connectivity index (χ4n) is 3.11. The number of rotatable bonds is 9. The van der Waals surface area contributed by atoms with E-state index >= 15 is 0 Å². The van der Waals surface area contributed by atoms with Crippen LogP contribution in [0.5, 0.6) is 0 Å². The Bertz CT molecular complexity index is 996. The second kappa shape index (κ2) is 12.1. The average molecular weight is 517 g/mol. The van der Waals surface area contributed by atoms with Crippen molar-refractivity contribution < 1.29 is 48.7 Å². The molecule has 1 fully saturated rings. The molecule has 2 amide bonds. The summed E-state index contributed by atoms with van der Waals surface area (Å²) in [5.41, 5.74) is -2.79. The molecule has 1 aromatic heterocycles. The minimum absolute atomic E-state index is 0.0470. The van der Waals surface area contributed by atoms with Crippen LogP contribution in [0.15, 0.2) is 17.1 Å². The summed E-state index contributed by atoms with van der Waals surface area (Å²) in [5.74, 6) is -1.06. The smallest absolute Gasteiger partial charge is 0.412 e. The Labute approximate surface area is 206 Å². The van der Waals surface area contributed by atoms with Crippen LogP contribution in [0.3, 0.4) is 0 Å².